The van der Waals surface area contributed by atoms with E-state index in [1.807, 2.05) is 0 Å². The molecule has 0 bridgehead atoms. The Bertz CT molecular complexity index is 458. The van der Waals surface area contributed by atoms with Gasteiger partial charge in [0.2, 0.25) is 0 Å². The fourth-order valence-electron chi connectivity index (χ4n) is 1.30. The molecule has 0 aromatic heterocycles. The topological polar surface area (TPSA) is 72.8 Å². The molecule has 0 amide bonds. The van der Waals surface area contributed by atoms with Crippen LogP contribution in [0.2, 0.25) is 0 Å². The van der Waals surface area contributed by atoms with Crippen LogP contribution in [-0.2, 0) is 9.53 Å². The van der Waals surface area contributed by atoms with Crippen LogP contribution in [-0.4, -0.2) is 35.4 Å². The minimum atomic E-state index is -1.06. The second-order valence-corrected chi connectivity index (χ2v) is 4.28. The lowest BCUT2D eigenvalue weighted by molar-refractivity contribution is -0.141. The van der Waals surface area contributed by atoms with E-state index in [2.05, 4.69) is 15.9 Å². The molecule has 0 radical (unpaired) electrons. The van der Waals surface area contributed by atoms with Crippen molar-refractivity contribution < 1.29 is 24.2 Å². The van der Waals surface area contributed by atoms with Crippen LogP contribution in [0, 0.1) is 0 Å². The van der Waals surface area contributed by atoms with Gasteiger partial charge in [0, 0.05) is 5.56 Å². The van der Waals surface area contributed by atoms with Gasteiger partial charge in [-0.25, -0.2) is 0 Å². The van der Waals surface area contributed by atoms with Crippen molar-refractivity contribution in [2.45, 2.75) is 11.8 Å². The summed E-state index contributed by atoms with van der Waals surface area (Å²) in [6, 6.07) is 4.11. The third-order valence-electron chi connectivity index (χ3n) is 2.19. The van der Waals surface area contributed by atoms with Crippen LogP contribution in [0.15, 0.2) is 18.2 Å². The highest BCUT2D eigenvalue weighted by atomic mass is 79.9. The quantitative estimate of drug-likeness (QED) is 0.389. The number of phenols is 1. The van der Waals surface area contributed by atoms with Crippen LogP contribution >= 0.6 is 15.9 Å². The van der Waals surface area contributed by atoms with Crippen molar-refractivity contribution in [1.82, 2.24) is 0 Å². The Balaban J connectivity index is 2.93. The second kappa shape index (κ2) is 6.39. The summed E-state index contributed by atoms with van der Waals surface area (Å²) < 4.78 is 9.63. The summed E-state index contributed by atoms with van der Waals surface area (Å²) in [4.78, 5) is 22.3. The van der Waals surface area contributed by atoms with E-state index in [9.17, 15) is 14.7 Å². The van der Waals surface area contributed by atoms with Crippen molar-refractivity contribution in [1.29, 1.82) is 0 Å². The van der Waals surface area contributed by atoms with Crippen molar-refractivity contribution in [3.05, 3.63) is 23.8 Å². The number of aromatic hydroxyl groups is 1. The molecule has 5 nitrogen and oxygen atoms in total. The van der Waals surface area contributed by atoms with Gasteiger partial charge in [0.05, 0.1) is 13.7 Å². The predicted molar refractivity (Wildman–Crippen MR) is 68.3 cm³/mol. The third-order valence-corrected chi connectivity index (χ3v) is 2.98. The van der Waals surface area contributed by atoms with Gasteiger partial charge in [-0.2, -0.15) is 0 Å². The molecule has 0 fully saturated rings. The number of benzene rings is 1. The monoisotopic (exact) mass is 316 g/mol. The maximum atomic E-state index is 12.0. The molecule has 0 aliphatic carbocycles. The van der Waals surface area contributed by atoms with E-state index in [1.165, 1.54) is 25.3 Å². The van der Waals surface area contributed by atoms with Crippen LogP contribution in [0.25, 0.3) is 0 Å². The number of methoxy groups -OCH3 is 1. The van der Waals surface area contributed by atoms with Gasteiger partial charge in [0.1, 0.15) is 0 Å². The number of Topliss-reactive ketones (excluding diaryl/α,β-unsaturated/α-hetero) is 1. The molecular formula is C12H13BrO5. The normalized spacial score (nSPS) is 11.7. The first-order chi connectivity index (χ1) is 8.51. The van der Waals surface area contributed by atoms with E-state index in [0.717, 1.165) is 0 Å². The zero-order chi connectivity index (χ0) is 13.7. The zero-order valence-electron chi connectivity index (χ0n) is 9.97. The summed E-state index contributed by atoms with van der Waals surface area (Å²) in [5.41, 5.74) is 0.250. The minimum Gasteiger partial charge on any atom is -0.504 e. The van der Waals surface area contributed by atoms with Gasteiger partial charge < -0.3 is 14.6 Å². The number of esters is 1. The van der Waals surface area contributed by atoms with Gasteiger partial charge in [-0.3, -0.25) is 9.59 Å². The van der Waals surface area contributed by atoms with Crippen LogP contribution in [0.4, 0.5) is 0 Å². The molecule has 98 valence electrons. The highest BCUT2D eigenvalue weighted by Gasteiger charge is 2.26. The van der Waals surface area contributed by atoms with Crippen molar-refractivity contribution in [3.63, 3.8) is 0 Å². The van der Waals surface area contributed by atoms with Crippen LogP contribution < -0.4 is 4.74 Å². The molecule has 1 atom stereocenters. The van der Waals surface area contributed by atoms with Crippen molar-refractivity contribution >= 4 is 27.7 Å². The number of phenolic OH excluding ortho intramolecular Hbond substituents is 1. The molecular weight excluding hydrogens is 304 g/mol. The SMILES string of the molecule is CCOC(=O)C(Br)C(=O)c1ccc(O)c(OC)c1. The molecule has 0 heterocycles. The van der Waals surface area contributed by atoms with Crippen molar-refractivity contribution in [2.75, 3.05) is 13.7 Å². The number of alkyl halides is 1. The average Bonchev–Trinajstić information content (AvgIpc) is 2.38. The average molecular weight is 317 g/mol. The van der Waals surface area contributed by atoms with Gasteiger partial charge in [0.25, 0.3) is 0 Å². The van der Waals surface area contributed by atoms with Gasteiger partial charge in [0.15, 0.2) is 22.1 Å². The number of carbonyl (C=O) groups is 2. The van der Waals surface area contributed by atoms with Gasteiger partial charge in [-0.05, 0) is 25.1 Å². The Labute approximate surface area is 113 Å². The Morgan fingerprint density at radius 2 is 2.11 bits per heavy atom. The van der Waals surface area contributed by atoms with E-state index in [-0.39, 0.29) is 23.7 Å². The molecule has 0 aliphatic rings. The first kappa shape index (κ1) is 14.5. The summed E-state index contributed by atoms with van der Waals surface area (Å²) in [5, 5.41) is 9.41. The Hall–Kier alpha value is -1.56. The Morgan fingerprint density at radius 3 is 2.67 bits per heavy atom. The van der Waals surface area contributed by atoms with Crippen molar-refractivity contribution in [2.24, 2.45) is 0 Å². The number of carbonyl (C=O) groups excluding carboxylic acids is 2. The molecule has 1 aromatic rings. The van der Waals surface area contributed by atoms with Crippen LogP contribution in [0.5, 0.6) is 11.5 Å². The number of ketones is 1. The molecule has 1 rings (SSSR count). The first-order valence-electron chi connectivity index (χ1n) is 5.23. The lowest BCUT2D eigenvalue weighted by atomic mass is 10.1. The second-order valence-electron chi connectivity index (χ2n) is 3.37. The van der Waals surface area contributed by atoms with Crippen LogP contribution in [0.3, 0.4) is 0 Å². The maximum Gasteiger partial charge on any atom is 0.327 e. The van der Waals surface area contributed by atoms with Gasteiger partial charge in [-0.1, -0.05) is 15.9 Å². The van der Waals surface area contributed by atoms with E-state index in [4.69, 9.17) is 9.47 Å². The first-order valence-corrected chi connectivity index (χ1v) is 6.14. The Morgan fingerprint density at radius 1 is 1.44 bits per heavy atom. The minimum absolute atomic E-state index is 0.0729. The van der Waals surface area contributed by atoms with E-state index in [0.29, 0.717) is 0 Å². The molecule has 18 heavy (non-hydrogen) atoms. The van der Waals surface area contributed by atoms with E-state index < -0.39 is 16.6 Å². The molecule has 0 spiro atoms. The lowest BCUT2D eigenvalue weighted by Gasteiger charge is -2.09. The number of hydrogen-bond donors (Lipinski definition) is 1. The predicted octanol–water partition coefficient (Wildman–Crippen LogP) is 1.91. The molecule has 1 aromatic carbocycles. The van der Waals surface area contributed by atoms with E-state index in [1.54, 1.807) is 6.92 Å². The standard InChI is InChI=1S/C12H13BrO5/c1-3-18-12(16)10(13)11(15)7-4-5-8(14)9(6-7)17-2/h4-6,10,14H,3H2,1-2H3. The number of hydrogen-bond acceptors (Lipinski definition) is 5. The summed E-state index contributed by atoms with van der Waals surface area (Å²) in [5.74, 6) is -0.998. The summed E-state index contributed by atoms with van der Waals surface area (Å²) in [7, 11) is 1.38. The molecule has 0 saturated carbocycles. The number of rotatable bonds is 5. The maximum absolute atomic E-state index is 12.0. The third kappa shape index (κ3) is 3.22. The fourth-order valence-corrected chi connectivity index (χ4v) is 1.70. The smallest absolute Gasteiger partial charge is 0.327 e. The number of ether oxygens (including phenoxy) is 2. The Kier molecular flexibility index (Phi) is 5.15. The molecule has 0 saturated heterocycles. The van der Waals surface area contributed by atoms with Crippen molar-refractivity contribution in [3.8, 4) is 11.5 Å². The summed E-state index contributed by atoms with van der Waals surface area (Å²) >= 11 is 2.98. The van der Waals surface area contributed by atoms with Gasteiger partial charge >= 0.3 is 5.97 Å². The number of halogens is 1. The highest BCUT2D eigenvalue weighted by Crippen LogP contribution is 2.27. The summed E-state index contributed by atoms with van der Waals surface area (Å²) in [6.45, 7) is 1.86. The van der Waals surface area contributed by atoms with Crippen LogP contribution in [0.1, 0.15) is 17.3 Å². The fraction of sp³-hybridized carbons (Fsp3) is 0.333. The van der Waals surface area contributed by atoms with Gasteiger partial charge in [-0.15, -0.1) is 0 Å². The highest BCUT2D eigenvalue weighted by molar-refractivity contribution is 9.10. The molecule has 0 aliphatic heterocycles. The lowest BCUT2D eigenvalue weighted by Crippen LogP contribution is -2.26. The molecule has 1 unspecified atom stereocenters. The largest absolute Gasteiger partial charge is 0.504 e. The summed E-state index contributed by atoms with van der Waals surface area (Å²) in [6.07, 6.45) is 0. The zero-order valence-corrected chi connectivity index (χ0v) is 11.6. The van der Waals surface area contributed by atoms with E-state index >= 15 is 0 Å². The molecule has 6 heteroatoms. The molecule has 1 N–H and O–H groups in total.